The maximum atomic E-state index is 12.3. The first-order valence-corrected chi connectivity index (χ1v) is 7.70. The van der Waals surface area contributed by atoms with E-state index in [2.05, 4.69) is 15.4 Å². The monoisotopic (exact) mass is 315 g/mol. The van der Waals surface area contributed by atoms with Crippen LogP contribution in [0.25, 0.3) is 0 Å². The van der Waals surface area contributed by atoms with E-state index in [9.17, 15) is 4.79 Å². The Hall–Kier alpha value is -2.34. The van der Waals surface area contributed by atoms with Gasteiger partial charge in [-0.15, -0.1) is 0 Å². The first kappa shape index (κ1) is 15.6. The number of aryl methyl sites for hydroxylation is 2. The number of nitrogens with zero attached hydrogens (tertiary/aromatic N) is 2. The number of ether oxygens (including phenoxy) is 1. The van der Waals surface area contributed by atoms with E-state index in [-0.39, 0.29) is 5.91 Å². The predicted molar refractivity (Wildman–Crippen MR) is 88.0 cm³/mol. The van der Waals surface area contributed by atoms with Gasteiger partial charge in [-0.25, -0.2) is 0 Å². The highest BCUT2D eigenvalue weighted by atomic mass is 16.5. The molecule has 3 rings (SSSR count). The lowest BCUT2D eigenvalue weighted by Crippen LogP contribution is -2.22. The number of benzene rings is 1. The summed E-state index contributed by atoms with van der Waals surface area (Å²) in [6.07, 6.45) is 1.34. The summed E-state index contributed by atoms with van der Waals surface area (Å²) < 4.78 is 10.4. The summed E-state index contributed by atoms with van der Waals surface area (Å²) in [5, 5.41) is 6.69. The highest BCUT2D eigenvalue weighted by molar-refractivity contribution is 6.05. The minimum absolute atomic E-state index is 0.199. The highest BCUT2D eigenvalue weighted by Crippen LogP contribution is 2.24. The fourth-order valence-corrected chi connectivity index (χ4v) is 2.91. The van der Waals surface area contributed by atoms with Crippen LogP contribution in [0.2, 0.25) is 0 Å². The van der Waals surface area contributed by atoms with Crippen molar-refractivity contribution in [2.45, 2.75) is 26.4 Å². The zero-order valence-electron chi connectivity index (χ0n) is 13.6. The van der Waals surface area contributed by atoms with Gasteiger partial charge in [-0.05, 0) is 44.5 Å². The molecule has 1 aromatic heterocycles. The lowest BCUT2D eigenvalue weighted by molar-refractivity contribution is 0.102. The first-order chi connectivity index (χ1) is 11.1. The molecule has 23 heavy (non-hydrogen) atoms. The molecule has 1 amide bonds. The molecule has 1 unspecified atom stereocenters. The largest absolute Gasteiger partial charge is 0.380 e. The molecule has 2 aromatic rings. The van der Waals surface area contributed by atoms with E-state index in [0.717, 1.165) is 30.9 Å². The zero-order chi connectivity index (χ0) is 16.4. The average molecular weight is 315 g/mol. The van der Waals surface area contributed by atoms with Gasteiger partial charge in [-0.1, -0.05) is 5.16 Å². The van der Waals surface area contributed by atoms with Crippen molar-refractivity contribution in [2.24, 2.45) is 0 Å². The second kappa shape index (κ2) is 6.42. The SMILES string of the molecule is COC1CCN(c2ccc(NC(=O)c3c(C)noc3C)cc2)C1. The molecule has 1 aliphatic rings. The Labute approximate surface area is 135 Å². The molecule has 1 N–H and O–H groups in total. The fourth-order valence-electron chi connectivity index (χ4n) is 2.91. The molecule has 122 valence electrons. The topological polar surface area (TPSA) is 67.6 Å². The Kier molecular flexibility index (Phi) is 4.34. The standard InChI is InChI=1S/C17H21N3O3/c1-11-16(12(2)23-19-11)17(21)18-13-4-6-14(7-5-13)20-9-8-15(10-20)22-3/h4-7,15H,8-10H2,1-3H3,(H,18,21). The summed E-state index contributed by atoms with van der Waals surface area (Å²) in [7, 11) is 1.75. The number of carbonyl (C=O) groups excluding carboxylic acids is 1. The summed E-state index contributed by atoms with van der Waals surface area (Å²) in [4.78, 5) is 14.6. The molecule has 0 bridgehead atoms. The molecule has 1 aliphatic heterocycles. The lowest BCUT2D eigenvalue weighted by atomic mass is 10.2. The average Bonchev–Trinajstić information content (AvgIpc) is 3.15. The molecule has 0 spiro atoms. The van der Waals surface area contributed by atoms with Crippen molar-refractivity contribution in [2.75, 3.05) is 30.4 Å². The molecule has 0 saturated carbocycles. The van der Waals surface area contributed by atoms with Crippen LogP contribution in [0.5, 0.6) is 0 Å². The van der Waals surface area contributed by atoms with Gasteiger partial charge in [-0.2, -0.15) is 0 Å². The Morgan fingerprint density at radius 3 is 2.65 bits per heavy atom. The Morgan fingerprint density at radius 2 is 2.09 bits per heavy atom. The second-order valence-corrected chi connectivity index (χ2v) is 5.79. The zero-order valence-corrected chi connectivity index (χ0v) is 13.6. The van der Waals surface area contributed by atoms with Crippen molar-refractivity contribution in [3.8, 4) is 0 Å². The molecule has 0 radical (unpaired) electrons. The van der Waals surface area contributed by atoms with E-state index in [4.69, 9.17) is 9.26 Å². The van der Waals surface area contributed by atoms with Gasteiger partial charge in [0.1, 0.15) is 11.3 Å². The Balaban J connectivity index is 1.67. The molecule has 6 heteroatoms. The van der Waals surface area contributed by atoms with E-state index in [0.29, 0.717) is 23.1 Å². The summed E-state index contributed by atoms with van der Waals surface area (Å²) in [5.41, 5.74) is 2.98. The fraction of sp³-hybridized carbons (Fsp3) is 0.412. The minimum atomic E-state index is -0.199. The predicted octanol–water partition coefficient (Wildman–Crippen LogP) is 2.77. The van der Waals surface area contributed by atoms with Gasteiger partial charge in [-0.3, -0.25) is 4.79 Å². The smallest absolute Gasteiger partial charge is 0.261 e. The van der Waals surface area contributed by atoms with E-state index < -0.39 is 0 Å². The first-order valence-electron chi connectivity index (χ1n) is 7.70. The van der Waals surface area contributed by atoms with Crippen molar-refractivity contribution >= 4 is 17.3 Å². The number of hydrogen-bond donors (Lipinski definition) is 1. The quantitative estimate of drug-likeness (QED) is 0.939. The molecule has 1 saturated heterocycles. The maximum Gasteiger partial charge on any atom is 0.261 e. The summed E-state index contributed by atoms with van der Waals surface area (Å²) >= 11 is 0. The number of methoxy groups -OCH3 is 1. The number of anilines is 2. The van der Waals surface area contributed by atoms with Crippen LogP contribution in [-0.4, -0.2) is 37.4 Å². The van der Waals surface area contributed by atoms with Crippen LogP contribution in [0.4, 0.5) is 11.4 Å². The third-order valence-electron chi connectivity index (χ3n) is 4.23. The number of hydrogen-bond acceptors (Lipinski definition) is 5. The van der Waals surface area contributed by atoms with E-state index in [1.165, 1.54) is 0 Å². The summed E-state index contributed by atoms with van der Waals surface area (Å²) in [6.45, 7) is 5.39. The lowest BCUT2D eigenvalue weighted by Gasteiger charge is -2.18. The molecule has 1 fully saturated rings. The third-order valence-corrected chi connectivity index (χ3v) is 4.23. The van der Waals surface area contributed by atoms with Crippen molar-refractivity contribution in [3.05, 3.63) is 41.3 Å². The van der Waals surface area contributed by atoms with Crippen molar-refractivity contribution in [3.63, 3.8) is 0 Å². The molecule has 1 aromatic carbocycles. The molecule has 6 nitrogen and oxygen atoms in total. The minimum Gasteiger partial charge on any atom is -0.380 e. The second-order valence-electron chi connectivity index (χ2n) is 5.79. The number of nitrogens with one attached hydrogen (secondary N) is 1. The van der Waals surface area contributed by atoms with Crippen LogP contribution in [-0.2, 0) is 4.74 Å². The van der Waals surface area contributed by atoms with E-state index in [1.54, 1.807) is 21.0 Å². The van der Waals surface area contributed by atoms with Gasteiger partial charge in [0.25, 0.3) is 5.91 Å². The van der Waals surface area contributed by atoms with Gasteiger partial charge < -0.3 is 19.5 Å². The van der Waals surface area contributed by atoms with Gasteiger partial charge >= 0.3 is 0 Å². The van der Waals surface area contributed by atoms with Gasteiger partial charge in [0, 0.05) is 31.6 Å². The normalized spacial score (nSPS) is 17.5. The van der Waals surface area contributed by atoms with Crippen LogP contribution < -0.4 is 10.2 Å². The van der Waals surface area contributed by atoms with Gasteiger partial charge in [0.05, 0.1) is 11.8 Å². The van der Waals surface area contributed by atoms with Crippen molar-refractivity contribution in [1.82, 2.24) is 5.16 Å². The van der Waals surface area contributed by atoms with Crippen molar-refractivity contribution in [1.29, 1.82) is 0 Å². The van der Waals surface area contributed by atoms with Crippen LogP contribution in [0.15, 0.2) is 28.8 Å². The molecule has 1 atom stereocenters. The molecule has 0 aliphatic carbocycles. The summed E-state index contributed by atoms with van der Waals surface area (Å²) in [5.74, 6) is 0.328. The number of amides is 1. The van der Waals surface area contributed by atoms with Gasteiger partial charge in [0.15, 0.2) is 0 Å². The van der Waals surface area contributed by atoms with Gasteiger partial charge in [0.2, 0.25) is 0 Å². The van der Waals surface area contributed by atoms with Crippen LogP contribution in [0.1, 0.15) is 28.2 Å². The summed E-state index contributed by atoms with van der Waals surface area (Å²) in [6, 6.07) is 7.85. The maximum absolute atomic E-state index is 12.3. The molecular weight excluding hydrogens is 294 g/mol. The number of carbonyl (C=O) groups is 1. The Bertz CT molecular complexity index is 674. The number of aromatic nitrogens is 1. The highest BCUT2D eigenvalue weighted by Gasteiger charge is 2.22. The van der Waals surface area contributed by atoms with Crippen LogP contribution in [0, 0.1) is 13.8 Å². The molecule has 2 heterocycles. The Morgan fingerprint density at radius 1 is 1.35 bits per heavy atom. The van der Waals surface area contributed by atoms with Crippen molar-refractivity contribution < 1.29 is 14.1 Å². The van der Waals surface area contributed by atoms with E-state index >= 15 is 0 Å². The van der Waals surface area contributed by atoms with E-state index in [1.807, 2.05) is 24.3 Å². The molecular formula is C17H21N3O3. The van der Waals surface area contributed by atoms with Crippen LogP contribution >= 0.6 is 0 Å². The van der Waals surface area contributed by atoms with Crippen LogP contribution in [0.3, 0.4) is 0 Å². The third kappa shape index (κ3) is 3.22. The number of rotatable bonds is 4.